The maximum Gasteiger partial charge on any atom is 0.0892 e. The van der Waals surface area contributed by atoms with Crippen LogP contribution in [0.4, 0.5) is 5.69 Å². The van der Waals surface area contributed by atoms with Crippen molar-refractivity contribution in [3.8, 4) is 5.69 Å². The van der Waals surface area contributed by atoms with Crippen LogP contribution in [0.5, 0.6) is 0 Å². The average molecular weight is 229 g/mol. The van der Waals surface area contributed by atoms with Crippen LogP contribution >= 0.6 is 0 Å². The van der Waals surface area contributed by atoms with Gasteiger partial charge in [0.1, 0.15) is 0 Å². The molecular formula is C13H15N3O. The quantitative estimate of drug-likeness (QED) is 0.759. The van der Waals surface area contributed by atoms with Crippen molar-refractivity contribution in [3.63, 3.8) is 0 Å². The molecule has 2 aromatic rings. The van der Waals surface area contributed by atoms with Crippen LogP contribution in [0.3, 0.4) is 0 Å². The molecule has 4 heteroatoms. The molecule has 0 saturated carbocycles. The van der Waals surface area contributed by atoms with Crippen LogP contribution in [0.2, 0.25) is 0 Å². The summed E-state index contributed by atoms with van der Waals surface area (Å²) >= 11 is 0. The predicted octanol–water partition coefficient (Wildman–Crippen LogP) is 1.84. The number of aromatic nitrogens is 2. The second kappa shape index (κ2) is 3.89. The van der Waals surface area contributed by atoms with Crippen molar-refractivity contribution in [2.24, 2.45) is 0 Å². The van der Waals surface area contributed by atoms with E-state index in [0.29, 0.717) is 6.61 Å². The van der Waals surface area contributed by atoms with Gasteiger partial charge in [-0.15, -0.1) is 0 Å². The van der Waals surface area contributed by atoms with E-state index < -0.39 is 0 Å². The minimum atomic E-state index is 0.616. The summed E-state index contributed by atoms with van der Waals surface area (Å²) in [5.41, 5.74) is 11.2. The van der Waals surface area contributed by atoms with Crippen LogP contribution < -0.4 is 5.73 Å². The molecule has 1 aromatic heterocycles. The molecule has 0 amide bonds. The Bertz CT molecular complexity index is 560. The molecule has 0 bridgehead atoms. The molecule has 0 aliphatic carbocycles. The minimum Gasteiger partial charge on any atom is -0.397 e. The topological polar surface area (TPSA) is 53.1 Å². The van der Waals surface area contributed by atoms with Gasteiger partial charge in [-0.2, -0.15) is 5.10 Å². The number of ether oxygens (including phenoxy) is 1. The largest absolute Gasteiger partial charge is 0.397 e. The van der Waals surface area contributed by atoms with E-state index in [1.54, 1.807) is 0 Å². The number of aryl methyl sites for hydroxylation is 1. The zero-order valence-corrected chi connectivity index (χ0v) is 9.81. The Morgan fingerprint density at radius 3 is 3.00 bits per heavy atom. The van der Waals surface area contributed by atoms with Gasteiger partial charge in [-0.1, -0.05) is 12.1 Å². The zero-order chi connectivity index (χ0) is 11.8. The van der Waals surface area contributed by atoms with Gasteiger partial charge in [0.2, 0.25) is 0 Å². The third kappa shape index (κ3) is 1.61. The molecule has 0 spiro atoms. The summed E-state index contributed by atoms with van der Waals surface area (Å²) in [5, 5.41) is 4.58. The number of rotatable bonds is 1. The fourth-order valence-corrected chi connectivity index (χ4v) is 2.30. The molecule has 1 aliphatic rings. The molecule has 1 aromatic carbocycles. The van der Waals surface area contributed by atoms with Gasteiger partial charge in [-0.3, -0.25) is 0 Å². The first-order valence-corrected chi connectivity index (χ1v) is 5.77. The standard InChI is InChI=1S/C13H15N3O/c1-9-10-6-7-17-8-13(10)16(15-9)12-5-3-2-4-11(12)14/h2-5H,6-8,14H2,1H3. The number of nitrogen functional groups attached to an aromatic ring is 1. The van der Waals surface area contributed by atoms with Crippen LogP contribution in [-0.4, -0.2) is 16.4 Å². The van der Waals surface area contributed by atoms with Crippen molar-refractivity contribution in [1.82, 2.24) is 9.78 Å². The second-order valence-electron chi connectivity index (χ2n) is 4.28. The van der Waals surface area contributed by atoms with E-state index in [0.717, 1.165) is 35.8 Å². The molecule has 2 heterocycles. The number of nitrogens with two attached hydrogens (primary N) is 1. The van der Waals surface area contributed by atoms with Crippen molar-refractivity contribution < 1.29 is 4.74 Å². The molecular weight excluding hydrogens is 214 g/mol. The molecule has 2 N–H and O–H groups in total. The first kappa shape index (κ1) is 10.4. The molecule has 1 aliphatic heterocycles. The summed E-state index contributed by atoms with van der Waals surface area (Å²) in [6, 6.07) is 7.77. The highest BCUT2D eigenvalue weighted by atomic mass is 16.5. The number of hydrogen-bond acceptors (Lipinski definition) is 3. The van der Waals surface area contributed by atoms with E-state index >= 15 is 0 Å². The maximum atomic E-state index is 5.99. The summed E-state index contributed by atoms with van der Waals surface area (Å²) in [6.45, 7) is 3.44. The monoisotopic (exact) mass is 229 g/mol. The molecule has 4 nitrogen and oxygen atoms in total. The van der Waals surface area contributed by atoms with Crippen LogP contribution in [0.25, 0.3) is 5.69 Å². The predicted molar refractivity (Wildman–Crippen MR) is 66.1 cm³/mol. The summed E-state index contributed by atoms with van der Waals surface area (Å²) in [5.74, 6) is 0. The Kier molecular flexibility index (Phi) is 2.37. The van der Waals surface area contributed by atoms with Crippen LogP contribution in [0, 0.1) is 6.92 Å². The Balaban J connectivity index is 2.19. The van der Waals surface area contributed by atoms with Gasteiger partial charge in [0.25, 0.3) is 0 Å². The number of para-hydroxylation sites is 2. The summed E-state index contributed by atoms with van der Waals surface area (Å²) < 4.78 is 7.43. The van der Waals surface area contributed by atoms with Crippen LogP contribution in [-0.2, 0) is 17.8 Å². The number of benzene rings is 1. The Morgan fingerprint density at radius 1 is 1.35 bits per heavy atom. The van der Waals surface area contributed by atoms with Crippen LogP contribution in [0.15, 0.2) is 24.3 Å². The number of nitrogens with zero attached hydrogens (tertiary/aromatic N) is 2. The highest BCUT2D eigenvalue weighted by Gasteiger charge is 2.20. The highest BCUT2D eigenvalue weighted by Crippen LogP contribution is 2.25. The number of fused-ring (bicyclic) bond motifs is 1. The molecule has 0 saturated heterocycles. The third-order valence-electron chi connectivity index (χ3n) is 3.19. The number of hydrogen-bond donors (Lipinski definition) is 1. The molecule has 0 atom stereocenters. The van der Waals surface area contributed by atoms with E-state index in [-0.39, 0.29) is 0 Å². The molecule has 88 valence electrons. The van der Waals surface area contributed by atoms with Gasteiger partial charge in [0.05, 0.1) is 36.0 Å². The first-order chi connectivity index (χ1) is 8.27. The van der Waals surface area contributed by atoms with Crippen molar-refractivity contribution in [1.29, 1.82) is 0 Å². The van der Waals surface area contributed by atoms with Crippen molar-refractivity contribution >= 4 is 5.69 Å². The third-order valence-corrected chi connectivity index (χ3v) is 3.19. The van der Waals surface area contributed by atoms with E-state index in [4.69, 9.17) is 10.5 Å². The average Bonchev–Trinajstić information content (AvgIpc) is 2.68. The Labute approximate surface area is 100 Å². The fourth-order valence-electron chi connectivity index (χ4n) is 2.30. The summed E-state index contributed by atoms with van der Waals surface area (Å²) in [6.07, 6.45) is 0.938. The lowest BCUT2D eigenvalue weighted by molar-refractivity contribution is 0.106. The van der Waals surface area contributed by atoms with Gasteiger partial charge in [0.15, 0.2) is 0 Å². The SMILES string of the molecule is Cc1nn(-c2ccccc2N)c2c1CCOC2. The van der Waals surface area contributed by atoms with E-state index in [9.17, 15) is 0 Å². The number of anilines is 1. The Hall–Kier alpha value is -1.81. The molecule has 0 fully saturated rings. The summed E-state index contributed by atoms with van der Waals surface area (Å²) in [7, 11) is 0. The smallest absolute Gasteiger partial charge is 0.0892 e. The van der Waals surface area contributed by atoms with Crippen molar-refractivity contribution in [2.75, 3.05) is 12.3 Å². The van der Waals surface area contributed by atoms with Gasteiger partial charge in [-0.25, -0.2) is 4.68 Å². The first-order valence-electron chi connectivity index (χ1n) is 5.77. The lowest BCUT2D eigenvalue weighted by Gasteiger charge is -2.15. The van der Waals surface area contributed by atoms with Gasteiger partial charge >= 0.3 is 0 Å². The van der Waals surface area contributed by atoms with Crippen molar-refractivity contribution in [2.45, 2.75) is 20.0 Å². The van der Waals surface area contributed by atoms with E-state index in [1.165, 1.54) is 5.56 Å². The van der Waals surface area contributed by atoms with Gasteiger partial charge in [-0.05, 0) is 25.5 Å². The van der Waals surface area contributed by atoms with Crippen LogP contribution in [0.1, 0.15) is 17.0 Å². The van der Waals surface area contributed by atoms with E-state index in [2.05, 4.69) is 5.10 Å². The normalized spacial score (nSPS) is 14.6. The molecule has 0 radical (unpaired) electrons. The fraction of sp³-hybridized carbons (Fsp3) is 0.308. The molecule has 0 unspecified atom stereocenters. The lowest BCUT2D eigenvalue weighted by atomic mass is 10.1. The summed E-state index contributed by atoms with van der Waals surface area (Å²) in [4.78, 5) is 0. The highest BCUT2D eigenvalue weighted by molar-refractivity contribution is 5.58. The lowest BCUT2D eigenvalue weighted by Crippen LogP contribution is -2.13. The Morgan fingerprint density at radius 2 is 2.18 bits per heavy atom. The van der Waals surface area contributed by atoms with Crippen molar-refractivity contribution in [3.05, 3.63) is 41.2 Å². The maximum absolute atomic E-state index is 5.99. The molecule has 17 heavy (non-hydrogen) atoms. The van der Waals surface area contributed by atoms with E-state index in [1.807, 2.05) is 35.9 Å². The second-order valence-corrected chi connectivity index (χ2v) is 4.28. The van der Waals surface area contributed by atoms with Gasteiger partial charge in [0, 0.05) is 5.56 Å². The minimum absolute atomic E-state index is 0.616. The zero-order valence-electron chi connectivity index (χ0n) is 9.81. The van der Waals surface area contributed by atoms with Gasteiger partial charge < -0.3 is 10.5 Å². The molecule has 3 rings (SSSR count).